The van der Waals surface area contributed by atoms with Crippen molar-refractivity contribution in [3.8, 4) is 0 Å². The van der Waals surface area contributed by atoms with Gasteiger partial charge in [0.05, 0.1) is 50.7 Å². The number of ether oxygens (including phenoxy) is 1. The van der Waals surface area contributed by atoms with Crippen molar-refractivity contribution < 1.29 is 124 Å². The number of nitrogens with zero attached hydrogens (tertiary/aromatic N) is 2. The van der Waals surface area contributed by atoms with Gasteiger partial charge in [0.1, 0.15) is 12.3 Å². The van der Waals surface area contributed by atoms with Crippen LogP contribution in [0, 0.1) is 0 Å². The van der Waals surface area contributed by atoms with Crippen LogP contribution < -0.4 is 26.4 Å². The predicted octanol–water partition coefficient (Wildman–Crippen LogP) is 14.4. The number of benzene rings is 5. The summed E-state index contributed by atoms with van der Waals surface area (Å²) in [6.07, 6.45) is -50.4. The number of halogens is 27. The van der Waals surface area contributed by atoms with E-state index >= 15 is 0 Å². The molecular weight excluding hydrogens is 1330 g/mol. The van der Waals surface area contributed by atoms with Crippen molar-refractivity contribution in [3.05, 3.63) is 177 Å². The van der Waals surface area contributed by atoms with Crippen molar-refractivity contribution in [2.75, 3.05) is 0 Å². The molecule has 0 aliphatic carbocycles. The number of ketones is 1. The zero-order valence-electron chi connectivity index (χ0n) is 37.7. The molecule has 426 valence electrons. The Morgan fingerprint density at radius 3 is 0.937 bits per heavy atom. The van der Waals surface area contributed by atoms with E-state index in [0.717, 1.165) is 0 Å². The molecule has 0 unspecified atom stereocenters. The first kappa shape index (κ1) is 64.0. The Balaban J connectivity index is 0.000000433. The van der Waals surface area contributed by atoms with Crippen LogP contribution in [0.1, 0.15) is 65.4 Å². The van der Waals surface area contributed by atoms with E-state index in [4.69, 9.17) is 4.74 Å². The second-order valence-electron chi connectivity index (χ2n) is 16.4. The number of esters is 1. The van der Waals surface area contributed by atoms with Crippen molar-refractivity contribution in [2.45, 2.75) is 58.3 Å². The van der Waals surface area contributed by atoms with E-state index in [1.807, 2.05) is 6.07 Å². The van der Waals surface area contributed by atoms with Crippen LogP contribution >= 0.6 is 47.8 Å². The summed E-state index contributed by atoms with van der Waals surface area (Å²) in [7, 11) is 0. The predicted molar refractivity (Wildman–Crippen MR) is 240 cm³/mol. The summed E-state index contributed by atoms with van der Waals surface area (Å²) in [5.41, 5.74) is -29.5. The summed E-state index contributed by atoms with van der Waals surface area (Å²) < 4.78 is 346. The quantitative estimate of drug-likeness (QED) is 0.0380. The minimum atomic E-state index is -6.13. The number of carbonyl (C=O) groups is 2. The molecule has 0 N–H and O–H groups in total. The maximum atomic E-state index is 14.2. The molecule has 0 spiro atoms. The molecule has 0 amide bonds. The lowest BCUT2D eigenvalue weighted by Crippen LogP contribution is -2.75. The van der Waals surface area contributed by atoms with E-state index in [1.165, 1.54) is 17.0 Å². The van der Waals surface area contributed by atoms with Gasteiger partial charge in [0.2, 0.25) is 12.3 Å². The van der Waals surface area contributed by atoms with Gasteiger partial charge in [-0.3, -0.25) is 9.78 Å². The van der Waals surface area contributed by atoms with E-state index < -0.39 is 203 Å². The number of hydrogen-bond donors (Lipinski definition) is 0. The minimum absolute atomic E-state index is 0.0107. The molecule has 0 aliphatic heterocycles. The molecule has 6 aromatic rings. The Hall–Kier alpha value is -5.86. The lowest BCUT2D eigenvalue weighted by molar-refractivity contribution is -0.686. The summed E-state index contributed by atoms with van der Waals surface area (Å²) in [5, 5.41) is 0. The zero-order valence-corrected chi connectivity index (χ0v) is 42.4. The largest absolute Gasteiger partial charge is 0.419 e. The SMILES string of the molecule is FC(F)(F)c1cc([B-](c2cc(C(F)(F)F)cc(C(F)(F)F)c2)(c2cc(C(F)(F)F)cc(C(F)(F)F)c2)c2cc(C(F)(F)F)cc(C(F)(F)F)c2)cc(C(F)(F)F)c1.O=C(C[n+]1ccncc1C(=O)OC(Br)(Br)Br)c1ccccc1. The maximum absolute atomic E-state index is 14.2. The fourth-order valence-corrected chi connectivity index (χ4v) is 8.23. The van der Waals surface area contributed by atoms with Crippen molar-refractivity contribution in [3.63, 3.8) is 0 Å². The molecule has 6 rings (SSSR count). The van der Waals surface area contributed by atoms with Crippen LogP contribution in [0.25, 0.3) is 0 Å². The van der Waals surface area contributed by atoms with Crippen LogP contribution in [-0.2, 0) is 60.7 Å². The highest BCUT2D eigenvalue weighted by molar-refractivity contribution is 9.39. The van der Waals surface area contributed by atoms with Crippen LogP contribution in [0.4, 0.5) is 105 Å². The second-order valence-corrected chi connectivity index (χ2v) is 23.0. The molecule has 0 bridgehead atoms. The standard InChI is InChI=1S/C32H12BF24.C14H10Br3N2O3/c34-25(35,36)13-1-14(26(37,38)39)6-21(5-13)33(22-7-15(27(40,41)42)2-16(8-22)28(43,44)45,23-9-17(29(46,47)48)3-18(10-23)30(49,50)51)24-11-19(31(52,53)54)4-20(12-24)32(55,56)57;15-14(16,17)22-13(21)11-8-18-6-7-19(11)9-12(20)10-4-2-1-3-5-10/h1-12H;1-8H,9H2/q-1;+1. The van der Waals surface area contributed by atoms with Gasteiger partial charge in [-0.05, 0) is 72.1 Å². The summed E-state index contributed by atoms with van der Waals surface area (Å²) in [6, 6.07) is 0.0457. The van der Waals surface area contributed by atoms with Crippen molar-refractivity contribution in [2.24, 2.45) is 0 Å². The molecule has 0 radical (unpaired) electrons. The molecule has 5 aromatic carbocycles. The average molecular weight is 1360 g/mol. The van der Waals surface area contributed by atoms with Crippen molar-refractivity contribution in [1.29, 1.82) is 0 Å². The fraction of sp³-hybridized carbons (Fsp3) is 0.217. The summed E-state index contributed by atoms with van der Waals surface area (Å²) in [5.74, 6) is -0.756. The third-order valence-corrected chi connectivity index (χ3v) is 11.6. The first-order chi connectivity index (χ1) is 35.6. The Morgan fingerprint density at radius 2 is 0.696 bits per heavy atom. The second kappa shape index (κ2) is 22.2. The Labute approximate surface area is 450 Å². The van der Waals surface area contributed by atoms with Gasteiger partial charge >= 0.3 is 61.1 Å². The highest BCUT2D eigenvalue weighted by atomic mass is 80.0. The van der Waals surface area contributed by atoms with E-state index in [9.17, 15) is 115 Å². The van der Waals surface area contributed by atoms with Gasteiger partial charge in [-0.2, -0.15) is 132 Å². The molecule has 79 heavy (non-hydrogen) atoms. The lowest BCUT2D eigenvalue weighted by atomic mass is 9.12. The zero-order chi connectivity index (χ0) is 60.1. The molecule has 0 saturated carbocycles. The van der Waals surface area contributed by atoms with Gasteiger partial charge < -0.3 is 4.74 Å². The number of Topliss-reactive ketones (excluding diaryl/α,β-unsaturated/α-hetero) is 1. The van der Waals surface area contributed by atoms with Gasteiger partial charge in [0, 0.05) is 5.56 Å². The van der Waals surface area contributed by atoms with Gasteiger partial charge in [-0.1, -0.05) is 78.9 Å². The van der Waals surface area contributed by atoms with Crippen molar-refractivity contribution in [1.82, 2.24) is 4.98 Å². The number of carbonyl (C=O) groups excluding carboxylic acids is 2. The molecule has 1 heterocycles. The molecule has 1 aromatic heterocycles. The average Bonchev–Trinajstić information content (AvgIpc) is 3.29. The molecule has 0 fully saturated rings. The number of rotatable bonds is 8. The van der Waals surface area contributed by atoms with Crippen molar-refractivity contribution >= 4 is 87.5 Å². The third kappa shape index (κ3) is 15.7. The summed E-state index contributed by atoms with van der Waals surface area (Å²) in [4.78, 5) is 28.3. The highest BCUT2D eigenvalue weighted by Crippen LogP contribution is 2.42. The minimum Gasteiger partial charge on any atom is -0.419 e. The van der Waals surface area contributed by atoms with E-state index in [-0.39, 0.29) is 18.0 Å². The third-order valence-electron chi connectivity index (χ3n) is 11.1. The van der Waals surface area contributed by atoms with E-state index in [2.05, 4.69) is 52.8 Å². The summed E-state index contributed by atoms with van der Waals surface area (Å²) in [6.45, 7) is 0.0107. The molecule has 0 saturated heterocycles. The van der Waals surface area contributed by atoms with Crippen LogP contribution in [0.5, 0.6) is 0 Å². The first-order valence-corrected chi connectivity index (χ1v) is 23.1. The number of hydrogen-bond acceptors (Lipinski definition) is 4. The molecule has 5 nitrogen and oxygen atoms in total. The van der Waals surface area contributed by atoms with Gasteiger partial charge in [0.25, 0.3) is 2.33 Å². The fourth-order valence-electron chi connectivity index (χ4n) is 7.79. The topological polar surface area (TPSA) is 60.1 Å². The number of aromatic nitrogens is 2. The molecular formula is C46H22BBr3F24N2O3. The molecule has 0 atom stereocenters. The molecule has 0 aliphatic rings. The Bertz CT molecular complexity index is 2780. The Kier molecular flexibility index (Phi) is 18.0. The van der Waals surface area contributed by atoms with E-state index in [0.29, 0.717) is 5.56 Å². The first-order valence-electron chi connectivity index (χ1n) is 20.7. The highest BCUT2D eigenvalue weighted by Gasteiger charge is 2.47. The van der Waals surface area contributed by atoms with Crippen LogP contribution in [-0.4, -0.2) is 25.2 Å². The smallest absolute Gasteiger partial charge is 0.416 e. The van der Waals surface area contributed by atoms with Crippen LogP contribution in [0.15, 0.2) is 122 Å². The normalized spacial score (nSPS) is 13.4. The lowest BCUT2D eigenvalue weighted by Gasteiger charge is -2.46. The number of alkyl halides is 27. The van der Waals surface area contributed by atoms with Gasteiger partial charge in [-0.15, -0.1) is 0 Å². The van der Waals surface area contributed by atoms with E-state index in [1.54, 1.807) is 30.5 Å². The maximum Gasteiger partial charge on any atom is 0.416 e. The van der Waals surface area contributed by atoms with Gasteiger partial charge in [-0.25, -0.2) is 4.79 Å². The van der Waals surface area contributed by atoms with Crippen LogP contribution in [0.2, 0.25) is 0 Å². The van der Waals surface area contributed by atoms with Gasteiger partial charge in [0.15, 0.2) is 6.20 Å². The monoisotopic (exact) mass is 1350 g/mol. The summed E-state index contributed by atoms with van der Waals surface area (Å²) >= 11 is 9.25. The Morgan fingerprint density at radius 1 is 0.430 bits per heavy atom. The van der Waals surface area contributed by atoms with Crippen LogP contribution in [0.3, 0.4) is 0 Å². The molecule has 33 heteroatoms.